The van der Waals surface area contributed by atoms with Crippen LogP contribution in [0, 0.1) is 0 Å². The maximum atomic E-state index is 12.7. The molecule has 9 heteroatoms. The normalized spacial score (nSPS) is 17.8. The van der Waals surface area contributed by atoms with Crippen LogP contribution in [0.5, 0.6) is 0 Å². The van der Waals surface area contributed by atoms with Crippen LogP contribution in [0.4, 0.5) is 5.13 Å². The first-order valence-electron chi connectivity index (χ1n) is 7.73. The van der Waals surface area contributed by atoms with E-state index in [0.717, 1.165) is 19.3 Å². The molecule has 6 nitrogen and oxygen atoms in total. The molecule has 1 atom stereocenters. The van der Waals surface area contributed by atoms with E-state index in [0.29, 0.717) is 28.4 Å². The zero-order valence-corrected chi connectivity index (χ0v) is 15.5. The zero-order chi connectivity index (χ0) is 17.3. The summed E-state index contributed by atoms with van der Waals surface area (Å²) in [4.78, 5) is 16.2. The van der Waals surface area contributed by atoms with Gasteiger partial charge >= 0.3 is 0 Å². The summed E-state index contributed by atoms with van der Waals surface area (Å²) in [6.45, 7) is 2.71. The largest absolute Gasteiger partial charge is 0.301 e. The molecular weight excluding hydrogens is 370 g/mol. The molecule has 0 aliphatic carbocycles. The van der Waals surface area contributed by atoms with Crippen LogP contribution in [0.25, 0.3) is 10.2 Å². The summed E-state index contributed by atoms with van der Waals surface area (Å²) < 4.78 is 27.7. The predicted molar refractivity (Wildman–Crippen MR) is 96.2 cm³/mol. The maximum Gasteiger partial charge on any atom is 0.243 e. The molecule has 1 fully saturated rings. The van der Waals surface area contributed by atoms with E-state index in [1.807, 2.05) is 0 Å². The van der Waals surface area contributed by atoms with Crippen molar-refractivity contribution >= 4 is 54.2 Å². The Morgan fingerprint density at radius 2 is 2.04 bits per heavy atom. The fraction of sp³-hybridized carbons (Fsp3) is 0.467. The van der Waals surface area contributed by atoms with Crippen LogP contribution in [0.1, 0.15) is 26.2 Å². The predicted octanol–water partition coefficient (Wildman–Crippen LogP) is 3.04. The van der Waals surface area contributed by atoms with Crippen LogP contribution >= 0.6 is 22.9 Å². The highest BCUT2D eigenvalue weighted by Gasteiger charge is 2.26. The molecule has 130 valence electrons. The lowest BCUT2D eigenvalue weighted by Gasteiger charge is -2.25. The minimum absolute atomic E-state index is 0.268. The molecule has 2 heterocycles. The van der Waals surface area contributed by atoms with Gasteiger partial charge in [0, 0.05) is 13.1 Å². The Morgan fingerprint density at radius 1 is 1.33 bits per heavy atom. The molecule has 0 spiro atoms. The number of alkyl halides is 1. The lowest BCUT2D eigenvalue weighted by atomic mass is 10.2. The molecule has 1 aliphatic heterocycles. The number of anilines is 1. The van der Waals surface area contributed by atoms with Gasteiger partial charge in [-0.3, -0.25) is 4.79 Å². The van der Waals surface area contributed by atoms with Gasteiger partial charge in [0.15, 0.2) is 5.13 Å². The number of halogens is 1. The fourth-order valence-electron chi connectivity index (χ4n) is 2.58. The van der Waals surface area contributed by atoms with Gasteiger partial charge in [-0.05, 0) is 38.0 Å². The summed E-state index contributed by atoms with van der Waals surface area (Å²) in [5.41, 5.74) is 0.648. The van der Waals surface area contributed by atoms with Crippen molar-refractivity contribution < 1.29 is 13.2 Å². The van der Waals surface area contributed by atoms with Gasteiger partial charge in [-0.15, -0.1) is 11.6 Å². The van der Waals surface area contributed by atoms with Crippen molar-refractivity contribution in [2.75, 3.05) is 18.4 Å². The van der Waals surface area contributed by atoms with Crippen molar-refractivity contribution in [3.8, 4) is 0 Å². The fourth-order valence-corrected chi connectivity index (χ4v) is 5.16. The Kier molecular flexibility index (Phi) is 5.10. The molecule has 1 aromatic heterocycles. The SMILES string of the molecule is CC(Cl)C(=O)Nc1nc2ccc(S(=O)(=O)N3CCCCC3)cc2s1. The molecule has 1 unspecified atom stereocenters. The average molecular weight is 388 g/mol. The van der Waals surface area contributed by atoms with E-state index in [9.17, 15) is 13.2 Å². The van der Waals surface area contributed by atoms with E-state index in [1.54, 1.807) is 25.1 Å². The van der Waals surface area contributed by atoms with Crippen LogP contribution in [0.2, 0.25) is 0 Å². The molecule has 0 bridgehead atoms. The quantitative estimate of drug-likeness (QED) is 0.818. The Labute approximate surface area is 149 Å². The highest BCUT2D eigenvalue weighted by molar-refractivity contribution is 7.89. The number of rotatable bonds is 4. The monoisotopic (exact) mass is 387 g/mol. The number of carbonyl (C=O) groups is 1. The molecule has 1 amide bonds. The number of carbonyl (C=O) groups excluding carboxylic acids is 1. The van der Waals surface area contributed by atoms with Crippen molar-refractivity contribution in [2.24, 2.45) is 0 Å². The number of benzene rings is 1. The van der Waals surface area contributed by atoms with Gasteiger partial charge in [-0.1, -0.05) is 17.8 Å². The molecular formula is C15H18ClN3O3S2. The molecule has 1 saturated heterocycles. The van der Waals surface area contributed by atoms with Gasteiger partial charge in [0.25, 0.3) is 0 Å². The van der Waals surface area contributed by atoms with E-state index in [4.69, 9.17) is 11.6 Å². The number of nitrogens with zero attached hydrogens (tertiary/aromatic N) is 2. The van der Waals surface area contributed by atoms with E-state index >= 15 is 0 Å². The topological polar surface area (TPSA) is 79.4 Å². The number of fused-ring (bicyclic) bond motifs is 1. The first-order valence-corrected chi connectivity index (χ1v) is 10.4. The second kappa shape index (κ2) is 6.95. The average Bonchev–Trinajstić information content (AvgIpc) is 2.96. The van der Waals surface area contributed by atoms with Gasteiger partial charge in [-0.25, -0.2) is 13.4 Å². The maximum absolute atomic E-state index is 12.7. The van der Waals surface area contributed by atoms with Gasteiger partial charge in [0.05, 0.1) is 15.1 Å². The number of sulfonamides is 1. The molecule has 1 aliphatic rings. The smallest absolute Gasteiger partial charge is 0.243 e. The minimum atomic E-state index is -3.48. The summed E-state index contributed by atoms with van der Waals surface area (Å²) in [6.07, 6.45) is 2.87. The summed E-state index contributed by atoms with van der Waals surface area (Å²) in [5.74, 6) is -0.336. The van der Waals surface area contributed by atoms with E-state index in [-0.39, 0.29) is 10.8 Å². The summed E-state index contributed by atoms with van der Waals surface area (Å²) in [7, 11) is -3.48. The number of aromatic nitrogens is 1. The lowest BCUT2D eigenvalue weighted by molar-refractivity contribution is -0.115. The van der Waals surface area contributed by atoms with E-state index < -0.39 is 15.4 Å². The Hall–Kier alpha value is -1.22. The van der Waals surface area contributed by atoms with Crippen molar-refractivity contribution in [3.63, 3.8) is 0 Å². The number of hydrogen-bond donors (Lipinski definition) is 1. The second-order valence-corrected chi connectivity index (χ2v) is 9.34. The van der Waals surface area contributed by atoms with Crippen LogP contribution in [0.15, 0.2) is 23.1 Å². The van der Waals surface area contributed by atoms with Crippen LogP contribution in [-0.4, -0.2) is 42.1 Å². The highest BCUT2D eigenvalue weighted by atomic mass is 35.5. The van der Waals surface area contributed by atoms with Crippen LogP contribution in [0.3, 0.4) is 0 Å². The highest BCUT2D eigenvalue weighted by Crippen LogP contribution is 2.30. The molecule has 0 saturated carbocycles. The summed E-state index contributed by atoms with van der Waals surface area (Å²) in [6, 6.07) is 4.86. The second-order valence-electron chi connectivity index (χ2n) is 5.72. The number of thiazole rings is 1. The number of hydrogen-bond acceptors (Lipinski definition) is 5. The van der Waals surface area contributed by atoms with Gasteiger partial charge in [0.2, 0.25) is 15.9 Å². The van der Waals surface area contributed by atoms with Crippen molar-refractivity contribution in [2.45, 2.75) is 36.5 Å². The third kappa shape index (κ3) is 3.56. The van der Waals surface area contributed by atoms with E-state index in [1.165, 1.54) is 15.6 Å². The molecule has 1 N–H and O–H groups in total. The third-order valence-electron chi connectivity index (χ3n) is 3.90. The molecule has 3 rings (SSSR count). The van der Waals surface area contributed by atoms with Crippen molar-refractivity contribution in [3.05, 3.63) is 18.2 Å². The lowest BCUT2D eigenvalue weighted by Crippen LogP contribution is -2.35. The molecule has 0 radical (unpaired) electrons. The molecule has 2 aromatic rings. The van der Waals surface area contributed by atoms with Gasteiger partial charge in [-0.2, -0.15) is 4.31 Å². The van der Waals surface area contributed by atoms with Crippen molar-refractivity contribution in [1.82, 2.24) is 9.29 Å². The molecule has 24 heavy (non-hydrogen) atoms. The minimum Gasteiger partial charge on any atom is -0.301 e. The standard InChI is InChI=1S/C15H18ClN3O3S2/c1-10(16)14(20)18-15-17-12-6-5-11(9-13(12)23-15)24(21,22)19-7-3-2-4-8-19/h5-6,9-10H,2-4,7-8H2,1H3,(H,17,18,20). The number of nitrogens with one attached hydrogen (secondary N) is 1. The third-order valence-corrected chi connectivity index (χ3v) is 6.93. The van der Waals surface area contributed by atoms with E-state index in [2.05, 4.69) is 10.3 Å². The Balaban J connectivity index is 1.89. The molecule has 1 aromatic carbocycles. The Morgan fingerprint density at radius 3 is 2.71 bits per heavy atom. The first kappa shape index (κ1) is 17.6. The van der Waals surface area contributed by atoms with Crippen LogP contribution < -0.4 is 5.32 Å². The van der Waals surface area contributed by atoms with Gasteiger partial charge < -0.3 is 5.32 Å². The summed E-state index contributed by atoms with van der Waals surface area (Å²) in [5, 5.41) is 2.38. The van der Waals surface area contributed by atoms with Crippen LogP contribution in [-0.2, 0) is 14.8 Å². The zero-order valence-electron chi connectivity index (χ0n) is 13.2. The first-order chi connectivity index (χ1) is 11.4. The van der Waals surface area contributed by atoms with Gasteiger partial charge in [0.1, 0.15) is 5.38 Å². The Bertz CT molecular complexity index is 858. The number of amides is 1. The number of piperidine rings is 1. The summed E-state index contributed by atoms with van der Waals surface area (Å²) >= 11 is 6.96. The van der Waals surface area contributed by atoms with Crippen molar-refractivity contribution in [1.29, 1.82) is 0 Å².